The maximum Gasteiger partial charge on any atom is 0.260 e. The molecule has 1 atom stereocenters. The Morgan fingerprint density at radius 3 is 2.58 bits per heavy atom. The molecular formula is C14H22N2O3. The Balaban J connectivity index is 2.82. The van der Waals surface area contributed by atoms with Crippen molar-refractivity contribution in [2.75, 3.05) is 7.11 Å². The third-order valence-electron chi connectivity index (χ3n) is 2.60. The van der Waals surface area contributed by atoms with Gasteiger partial charge < -0.3 is 20.5 Å². The highest BCUT2D eigenvalue weighted by molar-refractivity contribution is 5.81. The molecule has 0 aliphatic rings. The smallest absolute Gasteiger partial charge is 0.260 e. The van der Waals surface area contributed by atoms with E-state index in [2.05, 4.69) is 5.32 Å². The van der Waals surface area contributed by atoms with Crippen LogP contribution in [-0.2, 0) is 11.3 Å². The number of ether oxygens (including phenoxy) is 2. The quantitative estimate of drug-likeness (QED) is 0.817. The number of hydrogen-bond acceptors (Lipinski definition) is 4. The second kappa shape index (κ2) is 6.99. The van der Waals surface area contributed by atoms with Crippen LogP contribution in [0.2, 0.25) is 0 Å². The fourth-order valence-electron chi connectivity index (χ4n) is 1.59. The predicted octanol–water partition coefficient (Wildman–Crippen LogP) is 1.45. The van der Waals surface area contributed by atoms with E-state index in [1.54, 1.807) is 20.1 Å². The molecule has 0 fully saturated rings. The molecule has 106 valence electrons. The molecule has 1 aromatic rings. The topological polar surface area (TPSA) is 73.6 Å². The molecule has 3 N–H and O–H groups in total. The Kier molecular flexibility index (Phi) is 5.63. The summed E-state index contributed by atoms with van der Waals surface area (Å²) in [6.07, 6.45) is -0.584. The van der Waals surface area contributed by atoms with Crippen LogP contribution in [0, 0.1) is 0 Å². The van der Waals surface area contributed by atoms with Crippen LogP contribution < -0.4 is 20.5 Å². The molecule has 0 spiro atoms. The third kappa shape index (κ3) is 4.44. The first-order valence-corrected chi connectivity index (χ1v) is 6.32. The molecule has 1 rings (SSSR count). The number of benzene rings is 1. The van der Waals surface area contributed by atoms with E-state index in [4.69, 9.17) is 15.2 Å². The Morgan fingerprint density at radius 1 is 1.37 bits per heavy atom. The summed E-state index contributed by atoms with van der Waals surface area (Å²) >= 11 is 0. The lowest BCUT2D eigenvalue weighted by Crippen LogP contribution is -2.40. The molecular weight excluding hydrogens is 244 g/mol. The van der Waals surface area contributed by atoms with E-state index in [9.17, 15) is 4.79 Å². The minimum Gasteiger partial charge on any atom is -0.497 e. The second-order valence-corrected chi connectivity index (χ2v) is 4.60. The van der Waals surface area contributed by atoms with Crippen LogP contribution in [0.5, 0.6) is 11.5 Å². The summed E-state index contributed by atoms with van der Waals surface area (Å²) in [6, 6.07) is 5.47. The van der Waals surface area contributed by atoms with Gasteiger partial charge in [0.05, 0.1) is 7.11 Å². The molecule has 0 radical (unpaired) electrons. The zero-order valence-corrected chi connectivity index (χ0v) is 11.9. The summed E-state index contributed by atoms with van der Waals surface area (Å²) in [4.78, 5) is 11.8. The zero-order chi connectivity index (χ0) is 14.4. The van der Waals surface area contributed by atoms with Crippen molar-refractivity contribution < 1.29 is 14.3 Å². The lowest BCUT2D eigenvalue weighted by molar-refractivity contribution is -0.127. The molecule has 0 aliphatic carbocycles. The first-order valence-electron chi connectivity index (χ1n) is 6.32. The van der Waals surface area contributed by atoms with Gasteiger partial charge >= 0.3 is 0 Å². The van der Waals surface area contributed by atoms with Crippen LogP contribution in [-0.4, -0.2) is 25.2 Å². The molecule has 0 aliphatic heterocycles. The minimum absolute atomic E-state index is 0.0813. The van der Waals surface area contributed by atoms with Crippen molar-refractivity contribution in [1.82, 2.24) is 5.32 Å². The first-order chi connectivity index (χ1) is 8.97. The second-order valence-electron chi connectivity index (χ2n) is 4.60. The van der Waals surface area contributed by atoms with Crippen molar-refractivity contribution >= 4 is 5.91 Å². The molecule has 0 bridgehead atoms. The van der Waals surface area contributed by atoms with Crippen LogP contribution in [0.4, 0.5) is 0 Å². The van der Waals surface area contributed by atoms with E-state index in [0.29, 0.717) is 18.0 Å². The van der Waals surface area contributed by atoms with Crippen molar-refractivity contribution in [3.8, 4) is 11.5 Å². The van der Waals surface area contributed by atoms with Gasteiger partial charge in [-0.3, -0.25) is 4.79 Å². The Morgan fingerprint density at radius 2 is 2.05 bits per heavy atom. The number of nitrogens with two attached hydrogens (primary N) is 1. The van der Waals surface area contributed by atoms with Crippen LogP contribution in [0.25, 0.3) is 0 Å². The Bertz CT molecular complexity index is 433. The van der Waals surface area contributed by atoms with Gasteiger partial charge in [-0.2, -0.15) is 0 Å². The molecule has 5 nitrogen and oxygen atoms in total. The number of carbonyl (C=O) groups excluding carboxylic acids is 1. The molecule has 0 heterocycles. The molecule has 1 aromatic carbocycles. The Labute approximate surface area is 114 Å². The van der Waals surface area contributed by atoms with E-state index in [1.165, 1.54) is 0 Å². The van der Waals surface area contributed by atoms with Gasteiger partial charge in [0, 0.05) is 24.2 Å². The standard InChI is InChI=1S/C14H22N2O3/c1-9(2)16-14(17)10(3)19-13-7-12(18-4)6-5-11(13)8-15/h5-7,9-10H,8,15H2,1-4H3,(H,16,17). The van der Waals surface area contributed by atoms with Crippen molar-refractivity contribution in [2.45, 2.75) is 39.5 Å². The fourth-order valence-corrected chi connectivity index (χ4v) is 1.59. The largest absolute Gasteiger partial charge is 0.497 e. The summed E-state index contributed by atoms with van der Waals surface area (Å²) in [6.45, 7) is 5.86. The number of methoxy groups -OCH3 is 1. The van der Waals surface area contributed by atoms with Gasteiger partial charge in [0.2, 0.25) is 0 Å². The Hall–Kier alpha value is -1.75. The number of hydrogen-bond donors (Lipinski definition) is 2. The van der Waals surface area contributed by atoms with Crippen LogP contribution >= 0.6 is 0 Å². The highest BCUT2D eigenvalue weighted by atomic mass is 16.5. The maximum atomic E-state index is 11.8. The summed E-state index contributed by atoms with van der Waals surface area (Å²) < 4.78 is 10.8. The van der Waals surface area contributed by atoms with Gasteiger partial charge in [0.1, 0.15) is 11.5 Å². The molecule has 0 aromatic heterocycles. The van der Waals surface area contributed by atoms with Crippen molar-refractivity contribution in [1.29, 1.82) is 0 Å². The van der Waals surface area contributed by atoms with Gasteiger partial charge in [-0.25, -0.2) is 0 Å². The molecule has 5 heteroatoms. The highest BCUT2D eigenvalue weighted by Gasteiger charge is 2.17. The van der Waals surface area contributed by atoms with E-state index >= 15 is 0 Å². The van der Waals surface area contributed by atoms with Gasteiger partial charge in [-0.1, -0.05) is 6.07 Å². The van der Waals surface area contributed by atoms with Gasteiger partial charge in [0.15, 0.2) is 6.10 Å². The highest BCUT2D eigenvalue weighted by Crippen LogP contribution is 2.25. The predicted molar refractivity (Wildman–Crippen MR) is 74.3 cm³/mol. The van der Waals surface area contributed by atoms with Crippen LogP contribution in [0.3, 0.4) is 0 Å². The number of carbonyl (C=O) groups is 1. The maximum absolute atomic E-state index is 11.8. The van der Waals surface area contributed by atoms with E-state index in [0.717, 1.165) is 5.56 Å². The molecule has 1 unspecified atom stereocenters. The van der Waals surface area contributed by atoms with Crippen molar-refractivity contribution in [3.05, 3.63) is 23.8 Å². The minimum atomic E-state index is -0.584. The molecule has 19 heavy (non-hydrogen) atoms. The third-order valence-corrected chi connectivity index (χ3v) is 2.60. The average Bonchev–Trinajstić information content (AvgIpc) is 2.37. The summed E-state index contributed by atoms with van der Waals surface area (Å²) in [5.74, 6) is 1.10. The molecule has 0 saturated carbocycles. The molecule has 1 amide bonds. The normalized spacial score (nSPS) is 12.1. The van der Waals surface area contributed by atoms with Gasteiger partial charge in [-0.05, 0) is 26.8 Å². The first kappa shape index (κ1) is 15.3. The van der Waals surface area contributed by atoms with Crippen molar-refractivity contribution in [2.24, 2.45) is 5.73 Å². The lowest BCUT2D eigenvalue weighted by Gasteiger charge is -2.18. The van der Waals surface area contributed by atoms with E-state index in [-0.39, 0.29) is 11.9 Å². The van der Waals surface area contributed by atoms with E-state index in [1.807, 2.05) is 26.0 Å². The van der Waals surface area contributed by atoms with Gasteiger partial charge in [-0.15, -0.1) is 0 Å². The van der Waals surface area contributed by atoms with Gasteiger partial charge in [0.25, 0.3) is 5.91 Å². The summed E-state index contributed by atoms with van der Waals surface area (Å²) in [5, 5.41) is 2.80. The monoisotopic (exact) mass is 266 g/mol. The lowest BCUT2D eigenvalue weighted by atomic mass is 10.2. The number of rotatable bonds is 6. The van der Waals surface area contributed by atoms with E-state index < -0.39 is 6.10 Å². The number of amides is 1. The van der Waals surface area contributed by atoms with Crippen LogP contribution in [0.1, 0.15) is 26.3 Å². The SMILES string of the molecule is COc1ccc(CN)c(OC(C)C(=O)NC(C)C)c1. The summed E-state index contributed by atoms with van der Waals surface area (Å²) in [5.41, 5.74) is 6.49. The molecule has 0 saturated heterocycles. The van der Waals surface area contributed by atoms with Crippen molar-refractivity contribution in [3.63, 3.8) is 0 Å². The zero-order valence-electron chi connectivity index (χ0n) is 11.9. The average molecular weight is 266 g/mol. The number of nitrogens with one attached hydrogen (secondary N) is 1. The summed E-state index contributed by atoms with van der Waals surface area (Å²) in [7, 11) is 1.58. The van der Waals surface area contributed by atoms with Crippen LogP contribution in [0.15, 0.2) is 18.2 Å². The fraction of sp³-hybridized carbons (Fsp3) is 0.500.